The van der Waals surface area contributed by atoms with Crippen LogP contribution in [-0.4, -0.2) is 89.7 Å². The predicted molar refractivity (Wildman–Crippen MR) is 199 cm³/mol. The lowest BCUT2D eigenvalue weighted by molar-refractivity contribution is -0.160. The van der Waals surface area contributed by atoms with Gasteiger partial charge in [0.2, 0.25) is 35.4 Å². The highest BCUT2D eigenvalue weighted by Gasteiger charge is 2.38. The number of carbonyl (C=O) groups is 7. The van der Waals surface area contributed by atoms with Crippen molar-refractivity contribution >= 4 is 41.4 Å². The zero-order valence-electron chi connectivity index (χ0n) is 31.0. The number of hydrogen-bond acceptors (Lipinski definition) is 8. The molecule has 6 amide bonds. The molecule has 1 fully saturated rings. The second-order valence-corrected chi connectivity index (χ2v) is 12.6. The maximum atomic E-state index is 13.9. The number of ether oxygens (including phenoxy) is 1. The van der Waals surface area contributed by atoms with Gasteiger partial charge in [0.15, 0.2) is 0 Å². The van der Waals surface area contributed by atoms with Crippen LogP contribution in [0.2, 0.25) is 0 Å². The van der Waals surface area contributed by atoms with Gasteiger partial charge in [0, 0.05) is 19.5 Å². The summed E-state index contributed by atoms with van der Waals surface area (Å²) < 4.78 is 5.62. The molecule has 1 aliphatic rings. The fraction of sp³-hybridized carbons (Fsp3) is 0.447. The minimum Gasteiger partial charge on any atom is -0.458 e. The molecule has 0 aliphatic carbocycles. The molecule has 284 valence electrons. The summed E-state index contributed by atoms with van der Waals surface area (Å²) in [5, 5.41) is 10.2. The first-order chi connectivity index (χ1) is 24.6. The van der Waals surface area contributed by atoms with E-state index in [9.17, 15) is 33.6 Å². The van der Waals surface area contributed by atoms with Crippen molar-refractivity contribution in [1.29, 1.82) is 0 Å². The Morgan fingerprint density at radius 3 is 1.67 bits per heavy atom. The third-order valence-corrected chi connectivity index (χ3v) is 7.56. The first-order valence-electron chi connectivity index (χ1n) is 17.2. The number of carbonyl (C=O) groups excluding carboxylic acids is 7. The maximum absolute atomic E-state index is 13.9. The van der Waals surface area contributed by atoms with Crippen LogP contribution in [0.5, 0.6) is 0 Å². The molecule has 6 atom stereocenters. The number of rotatable bonds is 13. The van der Waals surface area contributed by atoms with Crippen molar-refractivity contribution in [2.45, 2.75) is 97.1 Å². The van der Waals surface area contributed by atoms with Crippen molar-refractivity contribution < 1.29 is 38.3 Å². The molecule has 14 heteroatoms. The van der Waals surface area contributed by atoms with Gasteiger partial charge in [-0.25, -0.2) is 4.79 Å². The number of allylic oxidation sites excluding steroid dienone is 13. The van der Waals surface area contributed by atoms with Crippen molar-refractivity contribution in [1.82, 2.24) is 26.2 Å². The van der Waals surface area contributed by atoms with Crippen LogP contribution < -0.4 is 27.0 Å². The van der Waals surface area contributed by atoms with E-state index < -0.39 is 77.7 Å². The van der Waals surface area contributed by atoms with E-state index in [1.54, 1.807) is 24.3 Å². The Bertz CT molecular complexity index is 1470. The Morgan fingerprint density at radius 2 is 1.17 bits per heavy atom. The minimum atomic E-state index is -1.45. The SMILES string of the molecule is C/C=C/C=C/C=C/C=C/C=C/C=C/C=C/C(=O)N(C)[C@@H]1C(=O)N[C@@H](CC(C)C)C(=O)N[C@@H](C)C(=O)N[C@@H](C)C(=O)N[C@@H](CCC(N)=O)C(=O)O[C@@H]1C. The second kappa shape index (κ2) is 23.8. The van der Waals surface area contributed by atoms with Crippen molar-refractivity contribution in [3.63, 3.8) is 0 Å². The van der Waals surface area contributed by atoms with Gasteiger partial charge >= 0.3 is 5.97 Å². The number of primary amides is 1. The third-order valence-electron chi connectivity index (χ3n) is 7.56. The van der Waals surface area contributed by atoms with Crippen LogP contribution in [0.15, 0.2) is 85.1 Å². The van der Waals surface area contributed by atoms with Crippen LogP contribution in [0.25, 0.3) is 0 Å². The highest BCUT2D eigenvalue weighted by molar-refractivity contribution is 5.97. The monoisotopic (exact) mass is 722 g/mol. The van der Waals surface area contributed by atoms with E-state index in [1.807, 2.05) is 69.4 Å². The molecule has 0 aromatic heterocycles. The summed E-state index contributed by atoms with van der Waals surface area (Å²) >= 11 is 0. The van der Waals surface area contributed by atoms with E-state index in [1.165, 1.54) is 40.0 Å². The summed E-state index contributed by atoms with van der Waals surface area (Å²) in [7, 11) is 1.34. The molecule has 52 heavy (non-hydrogen) atoms. The quantitative estimate of drug-likeness (QED) is 0.108. The van der Waals surface area contributed by atoms with Crippen LogP contribution in [0.3, 0.4) is 0 Å². The number of likely N-dealkylation sites (N-methyl/N-ethyl adjacent to an activating group) is 1. The lowest BCUT2D eigenvalue weighted by Crippen LogP contribution is -2.61. The summed E-state index contributed by atoms with van der Waals surface area (Å²) in [5.74, 6) is -5.37. The summed E-state index contributed by atoms with van der Waals surface area (Å²) in [6.07, 6.45) is 23.0. The van der Waals surface area contributed by atoms with Crippen molar-refractivity contribution in [2.75, 3.05) is 7.05 Å². The van der Waals surface area contributed by atoms with Gasteiger partial charge in [-0.15, -0.1) is 0 Å². The molecule has 1 aliphatic heterocycles. The van der Waals surface area contributed by atoms with E-state index in [2.05, 4.69) is 21.3 Å². The molecule has 0 spiro atoms. The van der Waals surface area contributed by atoms with Crippen molar-refractivity contribution in [3.05, 3.63) is 85.1 Å². The van der Waals surface area contributed by atoms with E-state index in [-0.39, 0.29) is 25.2 Å². The van der Waals surface area contributed by atoms with Gasteiger partial charge in [0.1, 0.15) is 36.3 Å². The predicted octanol–water partition coefficient (Wildman–Crippen LogP) is 1.96. The Hall–Kier alpha value is -5.53. The van der Waals surface area contributed by atoms with Crippen molar-refractivity contribution in [3.8, 4) is 0 Å². The van der Waals surface area contributed by atoms with Gasteiger partial charge in [-0.3, -0.25) is 28.8 Å². The Morgan fingerprint density at radius 1 is 0.712 bits per heavy atom. The molecule has 0 aromatic carbocycles. The standard InChI is InChI=1S/C38H54N6O8/c1-8-9-10-11-12-13-14-15-16-17-18-19-20-21-32(46)44(7)33-28(6)52-38(51)29(22-23-31(39)45)42-35(48)27(5)40-34(47)26(4)41-36(49)30(24-25(2)3)43-37(33)50/h8-21,25-30,33H,22-24H2,1-7H3,(H2,39,45)(H,40,47)(H,41,49)(H,42,48)(H,43,50)/b9-8+,11-10+,13-12+,15-14+,17-16+,19-18+,21-20+/t26-,27-,28+,29-,30-,33-/m0/s1. The average Bonchev–Trinajstić information content (AvgIpc) is 3.07. The summed E-state index contributed by atoms with van der Waals surface area (Å²) in [6, 6.07) is -6.20. The summed E-state index contributed by atoms with van der Waals surface area (Å²) in [6.45, 7) is 9.79. The van der Waals surface area contributed by atoms with E-state index in [4.69, 9.17) is 10.5 Å². The molecule has 1 heterocycles. The molecule has 0 bridgehead atoms. The largest absolute Gasteiger partial charge is 0.458 e. The molecule has 6 N–H and O–H groups in total. The van der Waals surface area contributed by atoms with Crippen LogP contribution >= 0.6 is 0 Å². The number of amides is 6. The molecule has 1 saturated heterocycles. The number of esters is 1. The lowest BCUT2D eigenvalue weighted by Gasteiger charge is -2.33. The molecule has 0 aromatic rings. The highest BCUT2D eigenvalue weighted by Crippen LogP contribution is 2.14. The van der Waals surface area contributed by atoms with E-state index in [0.717, 1.165) is 4.90 Å². The molecule has 0 saturated carbocycles. The first-order valence-corrected chi connectivity index (χ1v) is 17.2. The van der Waals surface area contributed by atoms with Crippen LogP contribution in [0.4, 0.5) is 0 Å². The number of nitrogens with one attached hydrogen (secondary N) is 4. The molecule has 1 rings (SSSR count). The third kappa shape index (κ3) is 16.9. The molecular formula is C38H54N6O8. The molecule has 0 radical (unpaired) electrons. The zero-order valence-corrected chi connectivity index (χ0v) is 31.0. The highest BCUT2D eigenvalue weighted by atomic mass is 16.5. The van der Waals surface area contributed by atoms with Crippen LogP contribution in [0, 0.1) is 5.92 Å². The average molecular weight is 723 g/mol. The van der Waals surface area contributed by atoms with Gasteiger partial charge in [0.05, 0.1) is 0 Å². The van der Waals surface area contributed by atoms with Crippen LogP contribution in [-0.2, 0) is 38.3 Å². The number of hydrogen-bond donors (Lipinski definition) is 5. The van der Waals surface area contributed by atoms with E-state index in [0.29, 0.717) is 0 Å². The number of nitrogens with two attached hydrogens (primary N) is 1. The van der Waals surface area contributed by atoms with E-state index >= 15 is 0 Å². The number of nitrogens with zero attached hydrogens (tertiary/aromatic N) is 1. The topological polar surface area (TPSA) is 206 Å². The maximum Gasteiger partial charge on any atom is 0.329 e. The minimum absolute atomic E-state index is 0.0744. The first kappa shape index (κ1) is 44.5. The lowest BCUT2D eigenvalue weighted by atomic mass is 10.0. The normalized spacial score (nSPS) is 24.7. The second-order valence-electron chi connectivity index (χ2n) is 12.6. The Balaban J connectivity index is 3.39. The van der Waals surface area contributed by atoms with Crippen molar-refractivity contribution in [2.24, 2.45) is 11.7 Å². The fourth-order valence-corrected chi connectivity index (χ4v) is 4.75. The smallest absolute Gasteiger partial charge is 0.329 e. The van der Waals surface area contributed by atoms with Gasteiger partial charge in [0.25, 0.3) is 0 Å². The Labute approximate surface area is 306 Å². The fourth-order valence-electron chi connectivity index (χ4n) is 4.75. The van der Waals surface area contributed by atoms with Gasteiger partial charge in [-0.1, -0.05) is 92.8 Å². The molecular weight excluding hydrogens is 668 g/mol. The summed E-state index contributed by atoms with van der Waals surface area (Å²) in [5.41, 5.74) is 5.28. The van der Waals surface area contributed by atoms with Gasteiger partial charge < -0.3 is 36.6 Å². The molecule has 0 unspecified atom stereocenters. The van der Waals surface area contributed by atoms with Gasteiger partial charge in [-0.2, -0.15) is 0 Å². The molecule has 14 nitrogen and oxygen atoms in total. The Kier molecular flexibility index (Phi) is 20.4. The van der Waals surface area contributed by atoms with Gasteiger partial charge in [-0.05, 0) is 46.5 Å². The van der Waals surface area contributed by atoms with Crippen LogP contribution in [0.1, 0.15) is 60.8 Å². The summed E-state index contributed by atoms with van der Waals surface area (Å²) in [4.78, 5) is 92.3. The zero-order chi connectivity index (χ0) is 39.2. The number of cyclic esters (lactones) is 1.